The number of anilines is 1. The molecule has 12 heteroatoms. The summed E-state index contributed by atoms with van der Waals surface area (Å²) in [5, 5.41) is 10.0. The van der Waals surface area contributed by atoms with Crippen LogP contribution in [-0.4, -0.2) is 63.9 Å². The van der Waals surface area contributed by atoms with E-state index < -0.39 is 31.1 Å². The molecular weight excluding hydrogens is 380 g/mol. The summed E-state index contributed by atoms with van der Waals surface area (Å²) in [5.41, 5.74) is 5.54. The molecule has 3 rings (SSSR count). The van der Waals surface area contributed by atoms with E-state index in [4.69, 9.17) is 19.9 Å². The van der Waals surface area contributed by atoms with Crippen LogP contribution >= 0.6 is 7.07 Å². The monoisotopic (exact) mass is 395 g/mol. The van der Waals surface area contributed by atoms with E-state index in [0.29, 0.717) is 0 Å². The fourth-order valence-electron chi connectivity index (χ4n) is 2.33. The first-order valence-electron chi connectivity index (χ1n) is 6.32. The van der Waals surface area contributed by atoms with Crippen LogP contribution in [-0.2, 0) is 9.26 Å². The van der Waals surface area contributed by atoms with Crippen molar-refractivity contribution < 1.29 is 19.3 Å². The van der Waals surface area contributed by atoms with Crippen molar-refractivity contribution in [3.8, 4) is 0 Å². The van der Waals surface area contributed by atoms with Gasteiger partial charge in [0, 0.05) is 0 Å². The third-order valence-corrected chi connectivity index (χ3v) is 4.43. The number of hydrogen-bond donors (Lipinski definition) is 4. The summed E-state index contributed by atoms with van der Waals surface area (Å²) in [4.78, 5) is 31.3. The number of nitrogens with one attached hydrogen (secondary N) is 1. The first kappa shape index (κ1) is 15.8. The maximum atomic E-state index is 11.7. The molecule has 4 atom stereocenters. The molecule has 1 aliphatic heterocycles. The van der Waals surface area contributed by atoms with Crippen LogP contribution in [0.3, 0.4) is 0 Å². The van der Waals surface area contributed by atoms with Crippen molar-refractivity contribution in [1.82, 2.24) is 19.5 Å². The summed E-state index contributed by atoms with van der Waals surface area (Å²) < 4.78 is 12.3. The Bertz CT molecular complexity index is 736. The van der Waals surface area contributed by atoms with Crippen molar-refractivity contribution in [2.45, 2.75) is 24.9 Å². The number of fused-ring (bicyclic) bond motifs is 1. The Kier molecular flexibility index (Phi) is 4.47. The predicted octanol–water partition coefficient (Wildman–Crippen LogP) is -1.51. The van der Waals surface area contributed by atoms with E-state index in [0.717, 1.165) is 0 Å². The third-order valence-electron chi connectivity index (χ3n) is 3.32. The average Bonchev–Trinajstić information content (AvgIpc) is 3.00. The number of nitrogens with zero attached hydrogens (tertiary/aromatic N) is 3. The van der Waals surface area contributed by atoms with Crippen molar-refractivity contribution in [1.29, 1.82) is 0 Å². The van der Waals surface area contributed by atoms with E-state index in [1.54, 1.807) is 4.57 Å². The molecule has 1 aliphatic rings. The van der Waals surface area contributed by atoms with Gasteiger partial charge in [0.2, 0.25) is 0 Å². The SMILES string of the molecule is Nc1nc2c(ncn2[C@H]2C[C@H](O)[C@@H](CO[P@](O)[SeH])O2)c(=O)[nH]1. The van der Waals surface area contributed by atoms with Gasteiger partial charge in [0.15, 0.2) is 0 Å². The molecule has 0 radical (unpaired) electrons. The molecular formula is C10H14N5O5PSe. The number of aliphatic hydroxyl groups excluding tert-OH is 1. The Morgan fingerprint density at radius 3 is 3.18 bits per heavy atom. The van der Waals surface area contributed by atoms with E-state index in [1.807, 2.05) is 15.6 Å². The van der Waals surface area contributed by atoms with Gasteiger partial charge < -0.3 is 0 Å². The molecule has 2 aromatic rings. The average molecular weight is 394 g/mol. The van der Waals surface area contributed by atoms with Gasteiger partial charge in [0.05, 0.1) is 0 Å². The zero-order chi connectivity index (χ0) is 15.9. The number of nitrogens with two attached hydrogens (primary N) is 1. The first-order chi connectivity index (χ1) is 10.5. The van der Waals surface area contributed by atoms with Gasteiger partial charge in [-0.3, -0.25) is 0 Å². The fraction of sp³-hybridized carbons (Fsp3) is 0.500. The summed E-state index contributed by atoms with van der Waals surface area (Å²) in [5.74, 6) is -0.0210. The van der Waals surface area contributed by atoms with Crippen molar-refractivity contribution >= 4 is 39.7 Å². The molecule has 0 bridgehead atoms. The van der Waals surface area contributed by atoms with Gasteiger partial charge in [0.25, 0.3) is 0 Å². The number of nitrogen functional groups attached to an aromatic ring is 1. The third kappa shape index (κ3) is 3.02. The van der Waals surface area contributed by atoms with Crippen LogP contribution in [0.2, 0.25) is 0 Å². The van der Waals surface area contributed by atoms with E-state index in [9.17, 15) is 9.90 Å². The Hall–Kier alpha value is -1.06. The minimum atomic E-state index is -1.58. The predicted molar refractivity (Wildman–Crippen MR) is 79.3 cm³/mol. The van der Waals surface area contributed by atoms with Crippen molar-refractivity contribution in [2.75, 3.05) is 12.3 Å². The van der Waals surface area contributed by atoms with Crippen LogP contribution in [0.25, 0.3) is 11.2 Å². The molecule has 5 N–H and O–H groups in total. The second-order valence-electron chi connectivity index (χ2n) is 4.76. The van der Waals surface area contributed by atoms with Gasteiger partial charge in [-0.2, -0.15) is 0 Å². The summed E-state index contributed by atoms with van der Waals surface area (Å²) >= 11 is 1.99. The maximum absolute atomic E-state index is 11.7. The van der Waals surface area contributed by atoms with E-state index in [1.165, 1.54) is 6.33 Å². The van der Waals surface area contributed by atoms with E-state index in [2.05, 4.69) is 15.0 Å². The standard InChI is InChI=1S/C10H14N5O5PSe/c11-10-13-8-7(9(17)14-10)12-3-15(8)6-1-4(16)5(20-6)2-19-21(18)22/h3-6,16,18,22H,1-2H2,(H3,11,13,14,17)/t4-,5+,6+,21-/m0/s1. The van der Waals surface area contributed by atoms with Crippen LogP contribution < -0.4 is 11.3 Å². The second kappa shape index (κ2) is 6.21. The molecule has 1 saturated heterocycles. The topological polar surface area (TPSA) is 149 Å². The summed E-state index contributed by atoms with van der Waals surface area (Å²) in [7, 11) is -1.58. The molecule has 0 spiro atoms. The number of ether oxygens (including phenoxy) is 1. The van der Waals surface area contributed by atoms with Crippen LogP contribution in [0.4, 0.5) is 5.95 Å². The summed E-state index contributed by atoms with van der Waals surface area (Å²) in [6, 6.07) is 0. The molecule has 0 saturated carbocycles. The molecule has 0 aliphatic carbocycles. The Balaban J connectivity index is 1.85. The van der Waals surface area contributed by atoms with Crippen molar-refractivity contribution in [3.63, 3.8) is 0 Å². The first-order valence-corrected chi connectivity index (χ1v) is 10.0. The molecule has 0 unspecified atom stereocenters. The van der Waals surface area contributed by atoms with E-state index >= 15 is 0 Å². The van der Waals surface area contributed by atoms with Crippen LogP contribution in [0.5, 0.6) is 0 Å². The molecule has 120 valence electrons. The zero-order valence-electron chi connectivity index (χ0n) is 11.2. The molecule has 1 fully saturated rings. The molecule has 22 heavy (non-hydrogen) atoms. The van der Waals surface area contributed by atoms with E-state index in [-0.39, 0.29) is 30.1 Å². The number of aromatic amines is 1. The quantitative estimate of drug-likeness (QED) is 0.361. The number of hydrogen-bond acceptors (Lipinski definition) is 8. The van der Waals surface area contributed by atoms with Gasteiger partial charge in [-0.25, -0.2) is 0 Å². The molecule has 0 aromatic carbocycles. The molecule has 0 amide bonds. The number of H-pyrrole nitrogens is 1. The molecule has 10 nitrogen and oxygen atoms in total. The minimum absolute atomic E-state index is 0.0210. The Morgan fingerprint density at radius 1 is 1.68 bits per heavy atom. The fourth-order valence-corrected chi connectivity index (χ4v) is 3.03. The molecule has 3 heterocycles. The van der Waals surface area contributed by atoms with Gasteiger partial charge in [0.1, 0.15) is 0 Å². The van der Waals surface area contributed by atoms with Gasteiger partial charge in [-0.1, -0.05) is 0 Å². The molecule has 2 aromatic heterocycles. The number of rotatable bonds is 4. The Morgan fingerprint density at radius 2 is 2.45 bits per heavy atom. The summed E-state index contributed by atoms with van der Waals surface area (Å²) in [6.45, 7) is 0.0669. The van der Waals surface area contributed by atoms with Gasteiger partial charge in [-0.05, 0) is 0 Å². The van der Waals surface area contributed by atoms with Crippen molar-refractivity contribution in [2.24, 2.45) is 0 Å². The zero-order valence-corrected chi connectivity index (χ0v) is 13.9. The normalized spacial score (nSPS) is 26.6. The number of aliphatic hydroxyl groups is 1. The van der Waals surface area contributed by atoms with Crippen LogP contribution in [0.1, 0.15) is 12.6 Å². The van der Waals surface area contributed by atoms with Crippen LogP contribution in [0, 0.1) is 0 Å². The van der Waals surface area contributed by atoms with Gasteiger partial charge in [-0.15, -0.1) is 0 Å². The van der Waals surface area contributed by atoms with Crippen molar-refractivity contribution in [3.05, 3.63) is 16.7 Å². The second-order valence-corrected chi connectivity index (χ2v) is 7.67. The van der Waals surface area contributed by atoms with Crippen LogP contribution in [0.15, 0.2) is 11.1 Å². The summed E-state index contributed by atoms with van der Waals surface area (Å²) in [6.07, 6.45) is -0.177. The van der Waals surface area contributed by atoms with Gasteiger partial charge >= 0.3 is 132 Å². The number of imidazole rings is 1. The number of aromatic nitrogens is 4. The Labute approximate surface area is 133 Å².